The standard InChI is InChI=1S/C19H36N2O5/c1-18(2,3)25-16(23)20-13-9-7-11-15(22)12-8-10-14-21-17(24)26-19(4,5)6/h7-14H2,1-6H3,(H,20,23)(H,21,24). The molecule has 0 aliphatic carbocycles. The van der Waals surface area contributed by atoms with Gasteiger partial charge in [0, 0.05) is 25.9 Å². The molecule has 0 radical (unpaired) electrons. The van der Waals surface area contributed by atoms with Gasteiger partial charge in [0.05, 0.1) is 0 Å². The molecule has 0 bridgehead atoms. The van der Waals surface area contributed by atoms with Crippen molar-refractivity contribution >= 4 is 18.0 Å². The fourth-order valence-corrected chi connectivity index (χ4v) is 2.03. The van der Waals surface area contributed by atoms with Crippen molar-refractivity contribution in [1.29, 1.82) is 0 Å². The van der Waals surface area contributed by atoms with E-state index in [0.29, 0.717) is 25.9 Å². The second-order valence-electron chi connectivity index (χ2n) is 8.31. The number of carbonyl (C=O) groups is 3. The Morgan fingerprint density at radius 3 is 1.31 bits per heavy atom. The molecule has 152 valence electrons. The largest absolute Gasteiger partial charge is 0.444 e. The minimum atomic E-state index is -0.502. The number of unbranched alkanes of at least 4 members (excludes halogenated alkanes) is 2. The Labute approximate surface area is 157 Å². The minimum absolute atomic E-state index is 0.208. The predicted molar refractivity (Wildman–Crippen MR) is 101 cm³/mol. The summed E-state index contributed by atoms with van der Waals surface area (Å²) in [6.07, 6.45) is 3.12. The molecule has 2 N–H and O–H groups in total. The van der Waals surface area contributed by atoms with Gasteiger partial charge in [0.2, 0.25) is 0 Å². The fraction of sp³-hybridized carbons (Fsp3) is 0.842. The summed E-state index contributed by atoms with van der Waals surface area (Å²) in [6.45, 7) is 11.9. The quantitative estimate of drug-likeness (QED) is 0.566. The molecule has 0 aromatic carbocycles. The number of Topliss-reactive ketones (excluding diaryl/α,β-unsaturated/α-hetero) is 1. The molecule has 7 nitrogen and oxygen atoms in total. The van der Waals surface area contributed by atoms with Crippen LogP contribution in [-0.2, 0) is 14.3 Å². The summed E-state index contributed by atoms with van der Waals surface area (Å²) in [5, 5.41) is 5.35. The monoisotopic (exact) mass is 372 g/mol. The van der Waals surface area contributed by atoms with E-state index in [0.717, 1.165) is 25.7 Å². The van der Waals surface area contributed by atoms with Gasteiger partial charge in [-0.15, -0.1) is 0 Å². The first-order valence-corrected chi connectivity index (χ1v) is 9.34. The van der Waals surface area contributed by atoms with Gasteiger partial charge < -0.3 is 20.1 Å². The second kappa shape index (κ2) is 11.8. The Bertz CT molecular complexity index is 410. The third-order valence-corrected chi connectivity index (χ3v) is 3.10. The Kier molecular flexibility index (Phi) is 10.9. The summed E-state index contributed by atoms with van der Waals surface area (Å²) in [4.78, 5) is 34.7. The van der Waals surface area contributed by atoms with Crippen molar-refractivity contribution < 1.29 is 23.9 Å². The molecule has 0 aliphatic heterocycles. The molecule has 0 aromatic rings. The van der Waals surface area contributed by atoms with Crippen LogP contribution in [0.4, 0.5) is 9.59 Å². The molecule has 0 heterocycles. The first-order valence-electron chi connectivity index (χ1n) is 9.34. The SMILES string of the molecule is CC(C)(C)OC(=O)NCCCCC(=O)CCCCNC(=O)OC(C)(C)C. The van der Waals surface area contributed by atoms with Crippen molar-refractivity contribution in [1.82, 2.24) is 10.6 Å². The van der Waals surface area contributed by atoms with E-state index in [-0.39, 0.29) is 5.78 Å². The average molecular weight is 373 g/mol. The lowest BCUT2D eigenvalue weighted by atomic mass is 10.1. The van der Waals surface area contributed by atoms with Crippen LogP contribution in [0.15, 0.2) is 0 Å². The van der Waals surface area contributed by atoms with Crippen molar-refractivity contribution in [2.24, 2.45) is 0 Å². The highest BCUT2D eigenvalue weighted by Gasteiger charge is 2.16. The minimum Gasteiger partial charge on any atom is -0.444 e. The molecule has 0 saturated carbocycles. The zero-order valence-corrected chi connectivity index (χ0v) is 17.2. The highest BCUT2D eigenvalue weighted by Crippen LogP contribution is 2.08. The van der Waals surface area contributed by atoms with Gasteiger partial charge in [-0.2, -0.15) is 0 Å². The maximum Gasteiger partial charge on any atom is 0.407 e. The zero-order chi connectivity index (χ0) is 20.2. The first-order chi connectivity index (χ1) is 11.9. The number of rotatable bonds is 10. The Hall–Kier alpha value is -1.79. The van der Waals surface area contributed by atoms with Crippen LogP contribution in [0.2, 0.25) is 0 Å². The van der Waals surface area contributed by atoms with Crippen LogP contribution in [-0.4, -0.2) is 42.3 Å². The van der Waals surface area contributed by atoms with Gasteiger partial charge in [0.1, 0.15) is 17.0 Å². The third-order valence-electron chi connectivity index (χ3n) is 3.10. The smallest absolute Gasteiger partial charge is 0.407 e. The summed E-state index contributed by atoms with van der Waals surface area (Å²) in [5.74, 6) is 0.208. The van der Waals surface area contributed by atoms with Crippen molar-refractivity contribution in [2.75, 3.05) is 13.1 Å². The summed E-state index contributed by atoms with van der Waals surface area (Å²) in [6, 6.07) is 0. The van der Waals surface area contributed by atoms with Gasteiger partial charge in [0.15, 0.2) is 0 Å². The summed E-state index contributed by atoms with van der Waals surface area (Å²) >= 11 is 0. The van der Waals surface area contributed by atoms with Gasteiger partial charge in [-0.3, -0.25) is 4.79 Å². The Morgan fingerprint density at radius 1 is 0.654 bits per heavy atom. The molecular weight excluding hydrogens is 336 g/mol. The molecule has 2 amide bonds. The van der Waals surface area contributed by atoms with Gasteiger partial charge in [0.25, 0.3) is 0 Å². The van der Waals surface area contributed by atoms with Crippen LogP contribution in [0.3, 0.4) is 0 Å². The predicted octanol–water partition coefficient (Wildman–Crippen LogP) is 3.95. The number of hydrogen-bond donors (Lipinski definition) is 2. The lowest BCUT2D eigenvalue weighted by Gasteiger charge is -2.19. The molecule has 7 heteroatoms. The number of alkyl carbamates (subject to hydrolysis) is 2. The van der Waals surface area contributed by atoms with Crippen molar-refractivity contribution in [3.63, 3.8) is 0 Å². The van der Waals surface area contributed by atoms with Crippen LogP contribution in [0.5, 0.6) is 0 Å². The number of hydrogen-bond acceptors (Lipinski definition) is 5. The van der Waals surface area contributed by atoms with Crippen molar-refractivity contribution in [2.45, 2.75) is 91.3 Å². The molecule has 0 spiro atoms. The number of ether oxygens (including phenoxy) is 2. The van der Waals surface area contributed by atoms with E-state index < -0.39 is 23.4 Å². The van der Waals surface area contributed by atoms with Crippen LogP contribution in [0.25, 0.3) is 0 Å². The molecular formula is C19H36N2O5. The first kappa shape index (κ1) is 24.2. The van der Waals surface area contributed by atoms with Crippen LogP contribution in [0.1, 0.15) is 80.1 Å². The van der Waals surface area contributed by atoms with Crippen molar-refractivity contribution in [3.05, 3.63) is 0 Å². The average Bonchev–Trinajstić information content (AvgIpc) is 2.42. The molecule has 0 unspecified atom stereocenters. The van der Waals surface area contributed by atoms with Crippen molar-refractivity contribution in [3.8, 4) is 0 Å². The lowest BCUT2D eigenvalue weighted by molar-refractivity contribution is -0.119. The summed E-state index contributed by atoms with van der Waals surface area (Å²) in [5.41, 5.74) is -1.00. The number of ketones is 1. The van der Waals surface area contributed by atoms with E-state index in [2.05, 4.69) is 10.6 Å². The van der Waals surface area contributed by atoms with Crippen LogP contribution < -0.4 is 10.6 Å². The fourth-order valence-electron chi connectivity index (χ4n) is 2.03. The maximum absolute atomic E-state index is 11.8. The molecule has 26 heavy (non-hydrogen) atoms. The molecule has 0 aliphatic rings. The number of carbonyl (C=O) groups excluding carboxylic acids is 3. The van der Waals surface area contributed by atoms with E-state index >= 15 is 0 Å². The topological polar surface area (TPSA) is 93.7 Å². The summed E-state index contributed by atoms with van der Waals surface area (Å²) < 4.78 is 10.3. The maximum atomic E-state index is 11.8. The Morgan fingerprint density at radius 2 is 1.00 bits per heavy atom. The van der Waals surface area contributed by atoms with Gasteiger partial charge >= 0.3 is 12.2 Å². The molecule has 0 aromatic heterocycles. The van der Waals surface area contributed by atoms with E-state index in [9.17, 15) is 14.4 Å². The van der Waals surface area contributed by atoms with Crippen LogP contribution >= 0.6 is 0 Å². The lowest BCUT2D eigenvalue weighted by Crippen LogP contribution is -2.33. The molecule has 0 saturated heterocycles. The second-order valence-corrected chi connectivity index (χ2v) is 8.31. The van der Waals surface area contributed by atoms with Gasteiger partial charge in [-0.25, -0.2) is 9.59 Å². The highest BCUT2D eigenvalue weighted by molar-refractivity contribution is 5.78. The van der Waals surface area contributed by atoms with E-state index in [1.54, 1.807) is 0 Å². The zero-order valence-electron chi connectivity index (χ0n) is 17.2. The van der Waals surface area contributed by atoms with Gasteiger partial charge in [-0.05, 0) is 67.2 Å². The third kappa shape index (κ3) is 17.0. The van der Waals surface area contributed by atoms with Crippen LogP contribution in [0, 0.1) is 0 Å². The summed E-state index contributed by atoms with van der Waals surface area (Å²) in [7, 11) is 0. The van der Waals surface area contributed by atoms with Gasteiger partial charge in [-0.1, -0.05) is 0 Å². The van der Waals surface area contributed by atoms with E-state index in [1.165, 1.54) is 0 Å². The van der Waals surface area contributed by atoms with E-state index in [4.69, 9.17) is 9.47 Å². The molecule has 0 rings (SSSR count). The number of amides is 2. The Balaban J connectivity index is 3.56. The van der Waals surface area contributed by atoms with E-state index in [1.807, 2.05) is 41.5 Å². The number of nitrogens with one attached hydrogen (secondary N) is 2. The molecule has 0 fully saturated rings. The highest BCUT2D eigenvalue weighted by atomic mass is 16.6. The normalized spacial score (nSPS) is 11.6. The molecule has 0 atom stereocenters.